The van der Waals surface area contributed by atoms with E-state index < -0.39 is 0 Å². The molecule has 2 N–H and O–H groups in total. The molecule has 16 heavy (non-hydrogen) atoms. The molecule has 0 bridgehead atoms. The molecule has 5 heteroatoms. The number of hydrogen-bond acceptors (Lipinski definition) is 3. The number of aromatic nitrogens is 4. The van der Waals surface area contributed by atoms with Gasteiger partial charge in [0.2, 0.25) is 0 Å². The molecule has 5 nitrogen and oxygen atoms in total. The highest BCUT2D eigenvalue weighted by Gasteiger charge is 2.13. The van der Waals surface area contributed by atoms with E-state index in [4.69, 9.17) is 5.73 Å². The van der Waals surface area contributed by atoms with E-state index in [1.54, 1.807) is 4.68 Å². The van der Waals surface area contributed by atoms with E-state index in [0.717, 1.165) is 29.9 Å². The van der Waals surface area contributed by atoms with Gasteiger partial charge in [-0.05, 0) is 13.3 Å². The van der Waals surface area contributed by atoms with Gasteiger partial charge in [0.1, 0.15) is 5.69 Å². The summed E-state index contributed by atoms with van der Waals surface area (Å²) in [5.74, 6) is 0. The summed E-state index contributed by atoms with van der Waals surface area (Å²) >= 11 is 0. The number of nitrogens with two attached hydrogens (primary N) is 1. The van der Waals surface area contributed by atoms with Gasteiger partial charge in [0.15, 0.2) is 0 Å². The molecule has 0 atom stereocenters. The number of aryl methyl sites for hydroxylation is 3. The Morgan fingerprint density at radius 2 is 2.06 bits per heavy atom. The van der Waals surface area contributed by atoms with Crippen LogP contribution in [0.5, 0.6) is 0 Å². The molecule has 0 amide bonds. The highest BCUT2D eigenvalue weighted by atomic mass is 15.3. The monoisotopic (exact) mass is 219 g/mol. The molecule has 0 unspecified atom stereocenters. The van der Waals surface area contributed by atoms with Gasteiger partial charge in [-0.3, -0.25) is 9.36 Å². The van der Waals surface area contributed by atoms with Crippen LogP contribution in [0.4, 0.5) is 5.69 Å². The van der Waals surface area contributed by atoms with Crippen LogP contribution in [-0.2, 0) is 13.6 Å². The molecule has 0 spiro atoms. The van der Waals surface area contributed by atoms with E-state index in [-0.39, 0.29) is 0 Å². The van der Waals surface area contributed by atoms with Crippen LogP contribution in [0.25, 0.3) is 11.3 Å². The number of anilines is 1. The molecule has 0 saturated heterocycles. The Morgan fingerprint density at radius 3 is 2.62 bits per heavy atom. The largest absolute Gasteiger partial charge is 0.396 e. The first-order valence-corrected chi connectivity index (χ1v) is 5.45. The number of nitrogens with zero attached hydrogens (tertiary/aromatic N) is 4. The van der Waals surface area contributed by atoms with E-state index >= 15 is 0 Å². The van der Waals surface area contributed by atoms with Crippen molar-refractivity contribution in [1.82, 2.24) is 19.6 Å². The van der Waals surface area contributed by atoms with Gasteiger partial charge >= 0.3 is 0 Å². The predicted molar refractivity (Wildman–Crippen MR) is 63.9 cm³/mol. The minimum Gasteiger partial charge on any atom is -0.396 e. The van der Waals surface area contributed by atoms with Crippen LogP contribution < -0.4 is 5.73 Å². The van der Waals surface area contributed by atoms with Crippen LogP contribution in [0, 0.1) is 6.92 Å². The third-order valence-corrected chi connectivity index (χ3v) is 2.51. The van der Waals surface area contributed by atoms with Gasteiger partial charge in [-0.15, -0.1) is 0 Å². The van der Waals surface area contributed by atoms with Gasteiger partial charge in [-0.25, -0.2) is 0 Å². The van der Waals surface area contributed by atoms with E-state index in [0.29, 0.717) is 5.69 Å². The molecule has 2 heterocycles. The smallest absolute Gasteiger partial charge is 0.119 e. The first-order valence-electron chi connectivity index (χ1n) is 5.45. The van der Waals surface area contributed by atoms with Crippen LogP contribution >= 0.6 is 0 Å². The van der Waals surface area contributed by atoms with Crippen molar-refractivity contribution in [2.75, 3.05) is 5.73 Å². The second-order valence-electron chi connectivity index (χ2n) is 4.00. The quantitative estimate of drug-likeness (QED) is 0.852. The highest BCUT2D eigenvalue weighted by Crippen LogP contribution is 2.26. The maximum Gasteiger partial charge on any atom is 0.119 e. The van der Waals surface area contributed by atoms with Crippen molar-refractivity contribution >= 4 is 5.69 Å². The highest BCUT2D eigenvalue weighted by molar-refractivity contribution is 5.73. The van der Waals surface area contributed by atoms with Crippen molar-refractivity contribution in [3.05, 3.63) is 18.1 Å². The summed E-state index contributed by atoms with van der Waals surface area (Å²) in [5, 5.41) is 8.78. The number of rotatable bonds is 3. The van der Waals surface area contributed by atoms with E-state index in [9.17, 15) is 0 Å². The average Bonchev–Trinajstić information content (AvgIpc) is 2.70. The van der Waals surface area contributed by atoms with Gasteiger partial charge in [-0.2, -0.15) is 10.2 Å². The summed E-state index contributed by atoms with van der Waals surface area (Å²) in [4.78, 5) is 0. The topological polar surface area (TPSA) is 61.7 Å². The Balaban J connectivity index is 2.43. The fraction of sp³-hybridized carbons (Fsp3) is 0.455. The number of nitrogen functional groups attached to an aromatic ring is 1. The Morgan fingerprint density at radius 1 is 1.31 bits per heavy atom. The van der Waals surface area contributed by atoms with Crippen molar-refractivity contribution in [2.45, 2.75) is 26.8 Å². The third kappa shape index (κ3) is 1.80. The minimum absolute atomic E-state index is 0.713. The van der Waals surface area contributed by atoms with Gasteiger partial charge in [0, 0.05) is 31.5 Å². The molecule has 0 aliphatic carbocycles. The SMILES string of the molecule is CCCn1cc(N)c(-c2cn(C)nc2C)n1. The van der Waals surface area contributed by atoms with Crippen molar-refractivity contribution in [3.8, 4) is 11.3 Å². The molecule has 0 aliphatic heterocycles. The summed E-state index contributed by atoms with van der Waals surface area (Å²) in [6, 6.07) is 0. The van der Waals surface area contributed by atoms with E-state index in [2.05, 4.69) is 17.1 Å². The first kappa shape index (κ1) is 10.7. The van der Waals surface area contributed by atoms with Crippen molar-refractivity contribution in [2.24, 2.45) is 7.05 Å². The standard InChI is InChI=1S/C11H17N5/c1-4-5-16-7-10(12)11(14-16)9-6-15(3)13-8(9)2/h6-7H,4-5,12H2,1-3H3. The molecule has 86 valence electrons. The summed E-state index contributed by atoms with van der Waals surface area (Å²) in [5.41, 5.74) is 9.47. The van der Waals surface area contributed by atoms with Crippen LogP contribution in [0.1, 0.15) is 19.0 Å². The molecular weight excluding hydrogens is 202 g/mol. The van der Waals surface area contributed by atoms with Crippen molar-refractivity contribution in [3.63, 3.8) is 0 Å². The van der Waals surface area contributed by atoms with Crippen LogP contribution in [0.15, 0.2) is 12.4 Å². The van der Waals surface area contributed by atoms with Crippen molar-refractivity contribution in [1.29, 1.82) is 0 Å². The normalized spacial score (nSPS) is 10.9. The Kier molecular flexibility index (Phi) is 2.68. The molecule has 2 aromatic rings. The first-order chi connectivity index (χ1) is 7.61. The maximum absolute atomic E-state index is 5.96. The van der Waals surface area contributed by atoms with Crippen LogP contribution in [0.2, 0.25) is 0 Å². The Bertz CT molecular complexity index is 494. The van der Waals surface area contributed by atoms with E-state index in [1.807, 2.05) is 31.0 Å². The van der Waals surface area contributed by atoms with Gasteiger partial charge in [-0.1, -0.05) is 6.92 Å². The molecule has 2 rings (SSSR count). The minimum atomic E-state index is 0.713. The lowest BCUT2D eigenvalue weighted by atomic mass is 10.2. The predicted octanol–water partition coefficient (Wildman–Crippen LogP) is 1.58. The third-order valence-electron chi connectivity index (χ3n) is 2.51. The Labute approximate surface area is 94.9 Å². The molecule has 0 radical (unpaired) electrons. The summed E-state index contributed by atoms with van der Waals surface area (Å²) in [7, 11) is 1.90. The fourth-order valence-electron chi connectivity index (χ4n) is 1.82. The zero-order valence-corrected chi connectivity index (χ0v) is 9.94. The average molecular weight is 219 g/mol. The molecule has 0 aromatic carbocycles. The molecule has 0 saturated carbocycles. The summed E-state index contributed by atoms with van der Waals surface area (Å²) < 4.78 is 3.67. The molecule has 2 aromatic heterocycles. The van der Waals surface area contributed by atoms with Gasteiger partial charge in [0.05, 0.1) is 11.4 Å². The fourth-order valence-corrected chi connectivity index (χ4v) is 1.82. The second kappa shape index (κ2) is 4.00. The van der Waals surface area contributed by atoms with Gasteiger partial charge < -0.3 is 5.73 Å². The summed E-state index contributed by atoms with van der Waals surface area (Å²) in [6.45, 7) is 4.98. The van der Waals surface area contributed by atoms with Crippen molar-refractivity contribution < 1.29 is 0 Å². The molecule has 0 aliphatic rings. The van der Waals surface area contributed by atoms with E-state index in [1.165, 1.54) is 0 Å². The van der Waals surface area contributed by atoms with Gasteiger partial charge in [0.25, 0.3) is 0 Å². The number of hydrogen-bond donors (Lipinski definition) is 1. The lowest BCUT2D eigenvalue weighted by Gasteiger charge is -1.96. The summed E-state index contributed by atoms with van der Waals surface area (Å²) in [6.07, 6.45) is 4.88. The Hall–Kier alpha value is -1.78. The second-order valence-corrected chi connectivity index (χ2v) is 4.00. The maximum atomic E-state index is 5.96. The van der Waals surface area contributed by atoms with Crippen LogP contribution in [0.3, 0.4) is 0 Å². The lowest BCUT2D eigenvalue weighted by molar-refractivity contribution is 0.604. The lowest BCUT2D eigenvalue weighted by Crippen LogP contribution is -1.96. The molecule has 0 fully saturated rings. The molecular formula is C11H17N5. The zero-order valence-electron chi connectivity index (χ0n) is 9.94. The van der Waals surface area contributed by atoms with Crippen LogP contribution in [-0.4, -0.2) is 19.6 Å². The zero-order chi connectivity index (χ0) is 11.7.